The summed E-state index contributed by atoms with van der Waals surface area (Å²) in [5.74, 6) is 3.21. The average molecular weight is 395 g/mol. The van der Waals surface area contributed by atoms with Crippen LogP contribution >= 0.6 is 0 Å². The van der Waals surface area contributed by atoms with Gasteiger partial charge in [0, 0.05) is 30.8 Å². The van der Waals surface area contributed by atoms with E-state index in [2.05, 4.69) is 22.4 Å². The van der Waals surface area contributed by atoms with Crippen molar-refractivity contribution in [3.63, 3.8) is 0 Å². The van der Waals surface area contributed by atoms with Crippen LogP contribution in [-0.2, 0) is 11.2 Å². The lowest BCUT2D eigenvalue weighted by Crippen LogP contribution is -2.59. The molecule has 5 heteroatoms. The number of benzene rings is 1. The molecular weight excluding hydrogens is 364 g/mol. The van der Waals surface area contributed by atoms with Crippen molar-refractivity contribution in [3.8, 4) is 11.5 Å². The zero-order valence-electron chi connectivity index (χ0n) is 17.3. The molecule has 1 aromatic carbocycles. The Balaban J connectivity index is 1.47. The van der Waals surface area contributed by atoms with Crippen LogP contribution in [0.4, 0.5) is 0 Å². The van der Waals surface area contributed by atoms with Crippen molar-refractivity contribution in [2.45, 2.75) is 50.5 Å². The molecule has 1 amide bonds. The average Bonchev–Trinajstić information content (AvgIpc) is 2.77. The monoisotopic (exact) mass is 394 g/mol. The van der Waals surface area contributed by atoms with E-state index in [4.69, 9.17) is 9.47 Å². The van der Waals surface area contributed by atoms with Crippen LogP contribution in [0.25, 0.3) is 0 Å². The zero-order chi connectivity index (χ0) is 20.2. The first kappa shape index (κ1) is 19.7. The fourth-order valence-electron chi connectivity index (χ4n) is 5.24. The number of aromatic nitrogens is 1. The minimum absolute atomic E-state index is 0.133. The Morgan fingerprint density at radius 2 is 1.90 bits per heavy atom. The van der Waals surface area contributed by atoms with Gasteiger partial charge in [0.1, 0.15) is 0 Å². The number of nitrogens with one attached hydrogen (secondary N) is 1. The molecule has 2 aliphatic rings. The molecule has 2 aliphatic carbocycles. The van der Waals surface area contributed by atoms with Crippen LogP contribution in [0.1, 0.15) is 49.1 Å². The highest BCUT2D eigenvalue weighted by Crippen LogP contribution is 2.55. The second-order valence-electron chi connectivity index (χ2n) is 8.21. The summed E-state index contributed by atoms with van der Waals surface area (Å²) in [4.78, 5) is 16.9. The zero-order valence-corrected chi connectivity index (χ0v) is 17.3. The molecular formula is C24H30N2O3. The molecule has 0 spiro atoms. The van der Waals surface area contributed by atoms with Crippen molar-refractivity contribution in [1.82, 2.24) is 10.3 Å². The van der Waals surface area contributed by atoms with Crippen LogP contribution in [0.15, 0.2) is 42.7 Å². The number of amides is 1. The summed E-state index contributed by atoms with van der Waals surface area (Å²) < 4.78 is 10.9. The summed E-state index contributed by atoms with van der Waals surface area (Å²) >= 11 is 0. The van der Waals surface area contributed by atoms with E-state index in [0.29, 0.717) is 24.2 Å². The van der Waals surface area contributed by atoms with Gasteiger partial charge in [-0.1, -0.05) is 25.0 Å². The number of ether oxygens (including phenoxy) is 2. The largest absolute Gasteiger partial charge is 0.493 e. The van der Waals surface area contributed by atoms with Gasteiger partial charge < -0.3 is 14.8 Å². The molecule has 1 N–H and O–H groups in total. The van der Waals surface area contributed by atoms with Gasteiger partial charge in [0.05, 0.1) is 14.2 Å². The lowest BCUT2D eigenvalue weighted by atomic mass is 9.53. The molecule has 0 radical (unpaired) electrons. The number of rotatable bonds is 7. The molecule has 29 heavy (non-hydrogen) atoms. The molecule has 5 nitrogen and oxygen atoms in total. The summed E-state index contributed by atoms with van der Waals surface area (Å²) in [5, 5.41) is 3.37. The Kier molecular flexibility index (Phi) is 6.02. The predicted molar refractivity (Wildman–Crippen MR) is 112 cm³/mol. The normalized spacial score (nSPS) is 25.4. The number of aryl methyl sites for hydroxylation is 1. The first-order chi connectivity index (χ1) is 14.2. The van der Waals surface area contributed by atoms with Crippen molar-refractivity contribution in [2.24, 2.45) is 11.8 Å². The Morgan fingerprint density at radius 1 is 1.10 bits per heavy atom. The first-order valence-corrected chi connectivity index (χ1v) is 10.6. The van der Waals surface area contributed by atoms with Gasteiger partial charge in [-0.3, -0.25) is 9.78 Å². The minimum Gasteiger partial charge on any atom is -0.493 e. The van der Waals surface area contributed by atoms with E-state index in [1.54, 1.807) is 20.4 Å². The van der Waals surface area contributed by atoms with Crippen LogP contribution in [0.3, 0.4) is 0 Å². The number of methoxy groups -OCH3 is 2. The summed E-state index contributed by atoms with van der Waals surface area (Å²) in [7, 11) is 3.33. The van der Waals surface area contributed by atoms with E-state index < -0.39 is 0 Å². The molecule has 0 aliphatic heterocycles. The molecule has 4 atom stereocenters. The van der Waals surface area contributed by atoms with Crippen LogP contribution < -0.4 is 14.8 Å². The highest BCUT2D eigenvalue weighted by molar-refractivity contribution is 5.77. The van der Waals surface area contributed by atoms with Gasteiger partial charge in [0.15, 0.2) is 11.5 Å². The molecule has 0 saturated heterocycles. The molecule has 154 valence electrons. The van der Waals surface area contributed by atoms with Crippen LogP contribution in [0.2, 0.25) is 0 Å². The Morgan fingerprint density at radius 3 is 2.62 bits per heavy atom. The van der Waals surface area contributed by atoms with Crippen LogP contribution in [-0.4, -0.2) is 31.2 Å². The molecule has 2 fully saturated rings. The van der Waals surface area contributed by atoms with Gasteiger partial charge in [-0.2, -0.15) is 0 Å². The number of hydrogen-bond donors (Lipinski definition) is 1. The number of hydrogen-bond acceptors (Lipinski definition) is 4. The SMILES string of the molecule is COc1ccc([C@H]2[C@@H]3CCCC[C@@H]3[C@@H]2NC(=O)CCc2cccnc2)cc1OC. The van der Waals surface area contributed by atoms with Crippen molar-refractivity contribution >= 4 is 5.91 Å². The highest BCUT2D eigenvalue weighted by Gasteiger charge is 2.51. The third kappa shape index (κ3) is 4.09. The topological polar surface area (TPSA) is 60.5 Å². The summed E-state index contributed by atoms with van der Waals surface area (Å²) in [6.45, 7) is 0. The molecule has 1 aromatic heterocycles. The maximum absolute atomic E-state index is 12.7. The summed E-state index contributed by atoms with van der Waals surface area (Å²) in [6, 6.07) is 10.3. The number of carbonyl (C=O) groups excluding carboxylic acids is 1. The second-order valence-corrected chi connectivity index (χ2v) is 8.21. The molecule has 0 unspecified atom stereocenters. The summed E-state index contributed by atoms with van der Waals surface area (Å²) in [6.07, 6.45) is 9.82. The molecule has 0 bridgehead atoms. The van der Waals surface area contributed by atoms with E-state index in [-0.39, 0.29) is 11.9 Å². The van der Waals surface area contributed by atoms with Gasteiger partial charge >= 0.3 is 0 Å². The fraction of sp³-hybridized carbons (Fsp3) is 0.500. The molecule has 2 saturated carbocycles. The van der Waals surface area contributed by atoms with Gasteiger partial charge in [0.2, 0.25) is 5.91 Å². The van der Waals surface area contributed by atoms with Gasteiger partial charge in [-0.25, -0.2) is 0 Å². The number of fused-ring (bicyclic) bond motifs is 1. The predicted octanol–water partition coefficient (Wildman–Crippen LogP) is 4.12. The van der Waals surface area contributed by atoms with E-state index in [1.807, 2.05) is 24.4 Å². The number of pyridine rings is 1. The van der Waals surface area contributed by atoms with E-state index in [1.165, 1.54) is 31.2 Å². The first-order valence-electron chi connectivity index (χ1n) is 10.6. The van der Waals surface area contributed by atoms with Crippen LogP contribution in [0.5, 0.6) is 11.5 Å². The van der Waals surface area contributed by atoms with E-state index >= 15 is 0 Å². The van der Waals surface area contributed by atoms with Gasteiger partial charge in [-0.15, -0.1) is 0 Å². The van der Waals surface area contributed by atoms with Crippen molar-refractivity contribution in [1.29, 1.82) is 0 Å². The maximum Gasteiger partial charge on any atom is 0.220 e. The Bertz CT molecular complexity index is 839. The van der Waals surface area contributed by atoms with Crippen molar-refractivity contribution < 1.29 is 14.3 Å². The summed E-state index contributed by atoms with van der Waals surface area (Å²) in [5.41, 5.74) is 2.34. The number of carbonyl (C=O) groups is 1. The third-order valence-electron chi connectivity index (χ3n) is 6.67. The smallest absolute Gasteiger partial charge is 0.220 e. The van der Waals surface area contributed by atoms with Gasteiger partial charge in [0.25, 0.3) is 0 Å². The fourth-order valence-corrected chi connectivity index (χ4v) is 5.24. The van der Waals surface area contributed by atoms with Crippen molar-refractivity contribution in [3.05, 3.63) is 53.9 Å². The molecule has 1 heterocycles. The van der Waals surface area contributed by atoms with Crippen LogP contribution in [0, 0.1) is 11.8 Å². The third-order valence-corrected chi connectivity index (χ3v) is 6.67. The van der Waals surface area contributed by atoms with E-state index in [9.17, 15) is 4.79 Å². The quantitative estimate of drug-likeness (QED) is 0.767. The van der Waals surface area contributed by atoms with E-state index in [0.717, 1.165) is 23.5 Å². The second kappa shape index (κ2) is 8.85. The minimum atomic E-state index is 0.133. The highest BCUT2D eigenvalue weighted by atomic mass is 16.5. The standard InChI is InChI=1S/C24H30N2O3/c1-28-20-11-10-17(14-21(20)29-2)23-18-7-3-4-8-19(18)24(23)26-22(27)12-9-16-6-5-13-25-15-16/h5-6,10-11,13-15,18-19,23-24H,3-4,7-9,12H2,1-2H3,(H,26,27)/t18-,19+,23+,24+/m1/s1. The number of nitrogens with zero attached hydrogens (tertiary/aromatic N) is 1. The maximum atomic E-state index is 12.7. The lowest BCUT2D eigenvalue weighted by Gasteiger charge is -2.55. The van der Waals surface area contributed by atoms with Crippen molar-refractivity contribution in [2.75, 3.05) is 14.2 Å². The lowest BCUT2D eigenvalue weighted by molar-refractivity contribution is -0.124. The molecule has 4 rings (SSSR count). The molecule has 2 aromatic rings. The van der Waals surface area contributed by atoms with Gasteiger partial charge in [-0.05, 0) is 60.4 Å². The Labute approximate surface area is 172 Å². The Hall–Kier alpha value is -2.56.